The standard InChI is InChI=1S/C14H20N2O2/c1-10(18-2)9-16-14(17)13-12-6-4-3-5-11(12)7-8-15-13/h3-6,10,13,15H,7-9H2,1-2H3,(H,16,17). The van der Waals surface area contributed by atoms with Crippen molar-refractivity contribution >= 4 is 5.91 Å². The molecule has 2 N–H and O–H groups in total. The topological polar surface area (TPSA) is 50.4 Å². The number of carbonyl (C=O) groups is 1. The zero-order chi connectivity index (χ0) is 13.0. The van der Waals surface area contributed by atoms with Crippen LogP contribution >= 0.6 is 0 Å². The highest BCUT2D eigenvalue weighted by Gasteiger charge is 2.25. The Kier molecular flexibility index (Phi) is 4.33. The Balaban J connectivity index is 2.04. The number of hydrogen-bond donors (Lipinski definition) is 2. The van der Waals surface area contributed by atoms with Gasteiger partial charge in [-0.3, -0.25) is 4.79 Å². The van der Waals surface area contributed by atoms with Crippen LogP contribution in [0.2, 0.25) is 0 Å². The van der Waals surface area contributed by atoms with Gasteiger partial charge in [0.15, 0.2) is 0 Å². The minimum atomic E-state index is -0.237. The van der Waals surface area contributed by atoms with Crippen LogP contribution in [0.15, 0.2) is 24.3 Å². The first-order valence-corrected chi connectivity index (χ1v) is 6.34. The Morgan fingerprint density at radius 3 is 3.11 bits per heavy atom. The molecule has 0 bridgehead atoms. The fourth-order valence-corrected chi connectivity index (χ4v) is 2.17. The van der Waals surface area contributed by atoms with E-state index < -0.39 is 0 Å². The Morgan fingerprint density at radius 2 is 2.33 bits per heavy atom. The number of benzene rings is 1. The van der Waals surface area contributed by atoms with Gasteiger partial charge in [0, 0.05) is 20.2 Å². The minimum absolute atomic E-state index is 0.0195. The predicted octanol–water partition coefficient (Wildman–Crippen LogP) is 1.02. The second kappa shape index (κ2) is 5.98. The van der Waals surface area contributed by atoms with Gasteiger partial charge in [-0.2, -0.15) is 0 Å². The third-order valence-corrected chi connectivity index (χ3v) is 3.34. The summed E-state index contributed by atoms with van der Waals surface area (Å²) in [4.78, 5) is 12.2. The maximum atomic E-state index is 12.2. The van der Waals surface area contributed by atoms with Gasteiger partial charge in [0.05, 0.1) is 6.10 Å². The van der Waals surface area contributed by atoms with E-state index in [1.807, 2.05) is 25.1 Å². The van der Waals surface area contributed by atoms with Gasteiger partial charge >= 0.3 is 0 Å². The highest BCUT2D eigenvalue weighted by atomic mass is 16.5. The molecular weight excluding hydrogens is 228 g/mol. The second-order valence-corrected chi connectivity index (χ2v) is 4.63. The lowest BCUT2D eigenvalue weighted by Crippen LogP contribution is -2.43. The number of nitrogens with one attached hydrogen (secondary N) is 2. The Hall–Kier alpha value is -1.39. The van der Waals surface area contributed by atoms with Crippen LogP contribution in [-0.2, 0) is 16.0 Å². The van der Waals surface area contributed by atoms with Crippen LogP contribution in [0.5, 0.6) is 0 Å². The number of methoxy groups -OCH3 is 1. The van der Waals surface area contributed by atoms with Crippen molar-refractivity contribution in [1.29, 1.82) is 0 Å². The summed E-state index contributed by atoms with van der Waals surface area (Å²) in [6, 6.07) is 7.87. The smallest absolute Gasteiger partial charge is 0.241 e. The summed E-state index contributed by atoms with van der Waals surface area (Å²) < 4.78 is 5.12. The molecule has 2 unspecified atom stereocenters. The summed E-state index contributed by atoms with van der Waals surface area (Å²) in [6.45, 7) is 3.31. The van der Waals surface area contributed by atoms with E-state index in [-0.39, 0.29) is 18.1 Å². The van der Waals surface area contributed by atoms with E-state index in [1.54, 1.807) is 7.11 Å². The molecule has 0 fully saturated rings. The van der Waals surface area contributed by atoms with E-state index in [0.717, 1.165) is 18.5 Å². The first kappa shape index (κ1) is 13.1. The van der Waals surface area contributed by atoms with Gasteiger partial charge in [-0.15, -0.1) is 0 Å². The molecule has 1 aliphatic heterocycles. The van der Waals surface area contributed by atoms with Gasteiger partial charge in [-0.05, 0) is 24.5 Å². The third kappa shape index (κ3) is 2.89. The largest absolute Gasteiger partial charge is 0.380 e. The molecule has 0 radical (unpaired) electrons. The molecule has 98 valence electrons. The molecule has 0 saturated heterocycles. The van der Waals surface area contributed by atoms with Crippen molar-refractivity contribution in [2.75, 3.05) is 20.2 Å². The number of fused-ring (bicyclic) bond motifs is 1. The van der Waals surface area contributed by atoms with Crippen molar-refractivity contribution in [3.8, 4) is 0 Å². The van der Waals surface area contributed by atoms with Crippen LogP contribution in [0.3, 0.4) is 0 Å². The van der Waals surface area contributed by atoms with Crippen molar-refractivity contribution in [2.45, 2.75) is 25.5 Å². The molecule has 0 aliphatic carbocycles. The van der Waals surface area contributed by atoms with E-state index >= 15 is 0 Å². The molecule has 1 aromatic rings. The number of rotatable bonds is 4. The Bertz CT molecular complexity index is 420. The Labute approximate surface area is 108 Å². The van der Waals surface area contributed by atoms with E-state index in [9.17, 15) is 4.79 Å². The van der Waals surface area contributed by atoms with Crippen molar-refractivity contribution in [3.05, 3.63) is 35.4 Å². The minimum Gasteiger partial charge on any atom is -0.380 e. The van der Waals surface area contributed by atoms with Gasteiger partial charge in [0.1, 0.15) is 6.04 Å². The lowest BCUT2D eigenvalue weighted by atomic mass is 9.94. The molecule has 0 saturated carbocycles. The van der Waals surface area contributed by atoms with Crippen LogP contribution in [0.25, 0.3) is 0 Å². The lowest BCUT2D eigenvalue weighted by Gasteiger charge is -2.26. The summed E-state index contributed by atoms with van der Waals surface area (Å²) in [5.74, 6) is 0.0195. The molecule has 18 heavy (non-hydrogen) atoms. The molecular formula is C14H20N2O2. The zero-order valence-corrected chi connectivity index (χ0v) is 10.9. The zero-order valence-electron chi connectivity index (χ0n) is 10.9. The number of ether oxygens (including phenoxy) is 1. The highest BCUT2D eigenvalue weighted by molar-refractivity contribution is 5.83. The molecule has 1 heterocycles. The quantitative estimate of drug-likeness (QED) is 0.836. The maximum absolute atomic E-state index is 12.2. The predicted molar refractivity (Wildman–Crippen MR) is 70.4 cm³/mol. The first-order chi connectivity index (χ1) is 8.72. The normalized spacial score (nSPS) is 20.0. The second-order valence-electron chi connectivity index (χ2n) is 4.63. The van der Waals surface area contributed by atoms with Crippen molar-refractivity contribution in [2.24, 2.45) is 0 Å². The summed E-state index contributed by atoms with van der Waals surface area (Å²) in [5, 5.41) is 6.18. The van der Waals surface area contributed by atoms with Crippen molar-refractivity contribution in [1.82, 2.24) is 10.6 Å². The summed E-state index contributed by atoms with van der Waals surface area (Å²) >= 11 is 0. The van der Waals surface area contributed by atoms with Crippen LogP contribution in [-0.4, -0.2) is 32.2 Å². The van der Waals surface area contributed by atoms with E-state index in [4.69, 9.17) is 4.74 Å². The van der Waals surface area contributed by atoms with Crippen molar-refractivity contribution in [3.63, 3.8) is 0 Å². The average Bonchev–Trinajstić information content (AvgIpc) is 2.43. The van der Waals surface area contributed by atoms with Crippen LogP contribution in [0, 0.1) is 0 Å². The van der Waals surface area contributed by atoms with Gasteiger partial charge in [0.25, 0.3) is 0 Å². The van der Waals surface area contributed by atoms with Crippen molar-refractivity contribution < 1.29 is 9.53 Å². The van der Waals surface area contributed by atoms with E-state index in [0.29, 0.717) is 6.54 Å². The number of hydrogen-bond acceptors (Lipinski definition) is 3. The van der Waals surface area contributed by atoms with E-state index in [1.165, 1.54) is 5.56 Å². The first-order valence-electron chi connectivity index (χ1n) is 6.34. The molecule has 1 aliphatic rings. The van der Waals surface area contributed by atoms with E-state index in [2.05, 4.69) is 16.7 Å². The summed E-state index contributed by atoms with van der Waals surface area (Å²) in [5.41, 5.74) is 2.35. The van der Waals surface area contributed by atoms with Crippen LogP contribution in [0.4, 0.5) is 0 Å². The molecule has 1 amide bonds. The summed E-state index contributed by atoms with van der Waals surface area (Å²) in [6.07, 6.45) is 1.02. The highest BCUT2D eigenvalue weighted by Crippen LogP contribution is 2.22. The van der Waals surface area contributed by atoms with Crippen LogP contribution < -0.4 is 10.6 Å². The SMILES string of the molecule is COC(C)CNC(=O)C1NCCc2ccccc21. The molecule has 4 heteroatoms. The molecule has 2 atom stereocenters. The van der Waals surface area contributed by atoms with Gasteiger partial charge < -0.3 is 15.4 Å². The monoisotopic (exact) mass is 248 g/mol. The Morgan fingerprint density at radius 1 is 1.56 bits per heavy atom. The fraction of sp³-hybridized carbons (Fsp3) is 0.500. The molecule has 0 aromatic heterocycles. The number of amides is 1. The maximum Gasteiger partial charge on any atom is 0.241 e. The average molecular weight is 248 g/mol. The lowest BCUT2D eigenvalue weighted by molar-refractivity contribution is -0.124. The van der Waals surface area contributed by atoms with Gasteiger partial charge in [-0.25, -0.2) is 0 Å². The molecule has 2 rings (SSSR count). The molecule has 4 nitrogen and oxygen atoms in total. The summed E-state index contributed by atoms with van der Waals surface area (Å²) in [7, 11) is 1.64. The fourth-order valence-electron chi connectivity index (χ4n) is 2.17. The van der Waals surface area contributed by atoms with Crippen LogP contribution in [0.1, 0.15) is 24.1 Å². The van der Waals surface area contributed by atoms with Gasteiger partial charge in [-0.1, -0.05) is 24.3 Å². The third-order valence-electron chi connectivity index (χ3n) is 3.34. The number of carbonyl (C=O) groups excluding carboxylic acids is 1. The molecule has 1 aromatic carbocycles. The molecule has 0 spiro atoms. The van der Waals surface area contributed by atoms with Gasteiger partial charge in [0.2, 0.25) is 5.91 Å².